The molecule has 1 atom stereocenters. The normalized spacial score (nSPS) is 17.8. The molecule has 2 amide bonds. The van der Waals surface area contributed by atoms with Crippen LogP contribution >= 0.6 is 11.6 Å². The van der Waals surface area contributed by atoms with E-state index in [1.54, 1.807) is 18.2 Å². The van der Waals surface area contributed by atoms with Crippen LogP contribution in [0.1, 0.15) is 17.5 Å². The highest BCUT2D eigenvalue weighted by atomic mass is 35.5. The topological polar surface area (TPSA) is 49.4 Å². The monoisotopic (exact) mass is 328 g/mol. The van der Waals surface area contributed by atoms with Crippen molar-refractivity contribution in [3.05, 3.63) is 64.7 Å². The molecule has 2 aromatic rings. The molecule has 1 aliphatic rings. The fraction of sp³-hybridized carbons (Fsp3) is 0.222. The van der Waals surface area contributed by atoms with Gasteiger partial charge in [0.05, 0.1) is 18.2 Å². The van der Waals surface area contributed by atoms with Crippen LogP contribution in [0.3, 0.4) is 0 Å². The molecule has 0 spiro atoms. The van der Waals surface area contributed by atoms with Gasteiger partial charge in [-0.05, 0) is 30.7 Å². The second-order valence-corrected chi connectivity index (χ2v) is 6.04. The molecule has 0 unspecified atom stereocenters. The number of anilines is 1. The molecule has 1 N–H and O–H groups in total. The lowest BCUT2D eigenvalue weighted by molar-refractivity contribution is -0.121. The first-order valence-electron chi connectivity index (χ1n) is 7.46. The fourth-order valence-electron chi connectivity index (χ4n) is 2.63. The molecule has 0 aliphatic carbocycles. The smallest absolute Gasteiger partial charge is 0.251 e. The van der Waals surface area contributed by atoms with Crippen molar-refractivity contribution < 1.29 is 9.59 Å². The molecule has 1 aliphatic heterocycles. The van der Waals surface area contributed by atoms with Gasteiger partial charge in [-0.3, -0.25) is 9.59 Å². The summed E-state index contributed by atoms with van der Waals surface area (Å²) in [5.74, 6) is -0.401. The Morgan fingerprint density at radius 1 is 1.13 bits per heavy atom. The maximum absolute atomic E-state index is 12.5. The van der Waals surface area contributed by atoms with Crippen LogP contribution in [0, 0.1) is 6.92 Å². The molecular weight excluding hydrogens is 312 g/mol. The zero-order valence-electron chi connectivity index (χ0n) is 12.8. The third kappa shape index (κ3) is 3.28. The first kappa shape index (κ1) is 15.7. The highest BCUT2D eigenvalue weighted by molar-refractivity contribution is 6.31. The van der Waals surface area contributed by atoms with Crippen LogP contribution in [0.4, 0.5) is 5.69 Å². The average molecular weight is 329 g/mol. The van der Waals surface area contributed by atoms with Gasteiger partial charge in [-0.2, -0.15) is 0 Å². The van der Waals surface area contributed by atoms with Gasteiger partial charge in [0.15, 0.2) is 0 Å². The Kier molecular flexibility index (Phi) is 4.46. The van der Waals surface area contributed by atoms with Crippen molar-refractivity contribution in [3.8, 4) is 0 Å². The van der Waals surface area contributed by atoms with Crippen LogP contribution in [-0.4, -0.2) is 17.9 Å². The van der Waals surface area contributed by atoms with Gasteiger partial charge in [0.1, 0.15) is 0 Å². The number of halogens is 1. The number of benzene rings is 2. The number of amides is 2. The minimum Gasteiger partial charge on any atom is -0.301 e. The molecule has 3 rings (SSSR count). The van der Waals surface area contributed by atoms with Gasteiger partial charge in [-0.25, -0.2) is 4.90 Å². The first-order chi connectivity index (χ1) is 11.1. The van der Waals surface area contributed by atoms with E-state index in [2.05, 4.69) is 5.32 Å². The number of hydrogen-bond acceptors (Lipinski definition) is 3. The number of carbonyl (C=O) groups is 2. The summed E-state index contributed by atoms with van der Waals surface area (Å²) in [5.41, 5.74) is 2.61. The predicted octanol–water partition coefficient (Wildman–Crippen LogP) is 3.07. The Morgan fingerprint density at radius 3 is 2.52 bits per heavy atom. The van der Waals surface area contributed by atoms with E-state index in [-0.39, 0.29) is 18.2 Å². The predicted molar refractivity (Wildman–Crippen MR) is 90.4 cm³/mol. The fourth-order valence-corrected chi connectivity index (χ4v) is 2.83. The zero-order chi connectivity index (χ0) is 16.4. The number of nitrogens with one attached hydrogen (secondary N) is 1. The van der Waals surface area contributed by atoms with Crippen LogP contribution < -0.4 is 10.2 Å². The summed E-state index contributed by atoms with van der Waals surface area (Å²) in [4.78, 5) is 26.0. The van der Waals surface area contributed by atoms with Crippen molar-refractivity contribution in [2.24, 2.45) is 0 Å². The minimum atomic E-state index is -0.514. The van der Waals surface area contributed by atoms with E-state index >= 15 is 0 Å². The lowest BCUT2D eigenvalue weighted by Gasteiger charge is -2.16. The van der Waals surface area contributed by atoms with E-state index in [4.69, 9.17) is 11.6 Å². The number of nitrogens with zero attached hydrogens (tertiary/aromatic N) is 1. The van der Waals surface area contributed by atoms with Crippen molar-refractivity contribution in [2.45, 2.75) is 25.9 Å². The Bertz CT molecular complexity index is 743. The van der Waals surface area contributed by atoms with Gasteiger partial charge in [-0.15, -0.1) is 0 Å². The summed E-state index contributed by atoms with van der Waals surface area (Å²) in [6, 6.07) is 14.3. The average Bonchev–Trinajstić information content (AvgIpc) is 2.82. The molecule has 4 nitrogen and oxygen atoms in total. The third-order valence-electron chi connectivity index (χ3n) is 3.94. The van der Waals surface area contributed by atoms with Crippen LogP contribution in [0.25, 0.3) is 0 Å². The maximum Gasteiger partial charge on any atom is 0.251 e. The number of imide groups is 1. The number of carbonyl (C=O) groups excluding carboxylic acids is 2. The van der Waals surface area contributed by atoms with Crippen molar-refractivity contribution in [2.75, 3.05) is 4.90 Å². The van der Waals surface area contributed by atoms with Crippen molar-refractivity contribution >= 4 is 29.1 Å². The first-order valence-corrected chi connectivity index (χ1v) is 7.84. The van der Waals surface area contributed by atoms with E-state index in [0.717, 1.165) is 11.1 Å². The van der Waals surface area contributed by atoms with Gasteiger partial charge in [-0.1, -0.05) is 47.5 Å². The number of hydrogen-bond donors (Lipinski definition) is 1. The standard InChI is InChI=1S/C18H17ClN2O2/c1-12-6-8-14(9-7-12)21-17(22)10-16(18(21)23)20-11-13-4-2-3-5-15(13)19/h2-9,16,20H,10-11H2,1H3/t16-/m1/s1. The summed E-state index contributed by atoms with van der Waals surface area (Å²) in [7, 11) is 0. The summed E-state index contributed by atoms with van der Waals surface area (Å²) < 4.78 is 0. The van der Waals surface area contributed by atoms with Gasteiger partial charge in [0.2, 0.25) is 5.91 Å². The van der Waals surface area contributed by atoms with Gasteiger partial charge < -0.3 is 5.32 Å². The van der Waals surface area contributed by atoms with Gasteiger partial charge >= 0.3 is 0 Å². The second-order valence-electron chi connectivity index (χ2n) is 5.63. The molecule has 1 heterocycles. The van der Waals surface area contributed by atoms with Crippen LogP contribution in [0.5, 0.6) is 0 Å². The highest BCUT2D eigenvalue weighted by Crippen LogP contribution is 2.24. The lowest BCUT2D eigenvalue weighted by atomic mass is 10.2. The molecule has 118 valence electrons. The molecule has 2 aromatic carbocycles. The molecule has 5 heteroatoms. The van der Waals surface area contributed by atoms with Crippen LogP contribution in [-0.2, 0) is 16.1 Å². The summed E-state index contributed by atoms with van der Waals surface area (Å²) in [5, 5.41) is 3.78. The SMILES string of the molecule is Cc1ccc(N2C(=O)C[C@@H](NCc3ccccc3Cl)C2=O)cc1. The molecule has 0 saturated carbocycles. The van der Waals surface area contributed by atoms with Crippen LogP contribution in [0.15, 0.2) is 48.5 Å². The minimum absolute atomic E-state index is 0.164. The maximum atomic E-state index is 12.5. The van der Waals surface area contributed by atoms with E-state index in [1.807, 2.05) is 37.3 Å². The number of rotatable bonds is 4. The molecule has 0 bridgehead atoms. The third-order valence-corrected chi connectivity index (χ3v) is 4.30. The zero-order valence-corrected chi connectivity index (χ0v) is 13.5. The molecule has 0 radical (unpaired) electrons. The summed E-state index contributed by atoms with van der Waals surface area (Å²) >= 11 is 6.11. The molecule has 0 aromatic heterocycles. The van der Waals surface area contributed by atoms with E-state index in [9.17, 15) is 9.59 Å². The quantitative estimate of drug-likeness (QED) is 0.877. The highest BCUT2D eigenvalue weighted by Gasteiger charge is 2.39. The second kappa shape index (κ2) is 6.52. The molecule has 1 fully saturated rings. The molecule has 1 saturated heterocycles. The van der Waals surface area contributed by atoms with E-state index in [0.29, 0.717) is 17.3 Å². The Balaban J connectivity index is 1.71. The van der Waals surface area contributed by atoms with Crippen LogP contribution in [0.2, 0.25) is 5.02 Å². The molecular formula is C18H17ClN2O2. The number of aryl methyl sites for hydroxylation is 1. The Labute approximate surface area is 140 Å². The van der Waals surface area contributed by atoms with E-state index in [1.165, 1.54) is 4.90 Å². The lowest BCUT2D eigenvalue weighted by Crippen LogP contribution is -2.38. The van der Waals surface area contributed by atoms with Gasteiger partial charge in [0.25, 0.3) is 5.91 Å². The molecule has 23 heavy (non-hydrogen) atoms. The summed E-state index contributed by atoms with van der Waals surface area (Å²) in [6.45, 7) is 2.41. The van der Waals surface area contributed by atoms with Crippen molar-refractivity contribution in [1.29, 1.82) is 0 Å². The summed E-state index contributed by atoms with van der Waals surface area (Å²) in [6.07, 6.45) is 0.164. The van der Waals surface area contributed by atoms with Gasteiger partial charge in [0, 0.05) is 11.6 Å². The Hall–Kier alpha value is -2.17. The van der Waals surface area contributed by atoms with Crippen molar-refractivity contribution in [1.82, 2.24) is 5.32 Å². The largest absolute Gasteiger partial charge is 0.301 e. The van der Waals surface area contributed by atoms with E-state index < -0.39 is 6.04 Å². The van der Waals surface area contributed by atoms with Crippen molar-refractivity contribution in [3.63, 3.8) is 0 Å². The Morgan fingerprint density at radius 2 is 1.83 bits per heavy atom.